The number of aromatic nitrogens is 2. The van der Waals surface area contributed by atoms with Crippen LogP contribution in [-0.2, 0) is 4.79 Å². The average Bonchev–Trinajstić information content (AvgIpc) is 3.34. The average molecular weight is 369 g/mol. The molecule has 1 saturated heterocycles. The van der Waals surface area contributed by atoms with Crippen molar-refractivity contribution in [2.24, 2.45) is 5.92 Å². The first-order valence-electron chi connectivity index (χ1n) is 9.87. The van der Waals surface area contributed by atoms with E-state index >= 15 is 0 Å². The van der Waals surface area contributed by atoms with E-state index < -0.39 is 12.0 Å². The summed E-state index contributed by atoms with van der Waals surface area (Å²) in [5.74, 6) is -0.472. The summed E-state index contributed by atoms with van der Waals surface area (Å²) < 4.78 is 5.35. The molecule has 1 aliphatic heterocycles. The van der Waals surface area contributed by atoms with Gasteiger partial charge in [0.15, 0.2) is 0 Å². The van der Waals surface area contributed by atoms with Crippen molar-refractivity contribution in [3.63, 3.8) is 0 Å². The van der Waals surface area contributed by atoms with Crippen LogP contribution in [0.3, 0.4) is 0 Å². The van der Waals surface area contributed by atoms with E-state index in [0.717, 1.165) is 44.2 Å². The number of fused-ring (bicyclic) bond motifs is 2. The Morgan fingerprint density at radius 1 is 1.22 bits per heavy atom. The molecule has 3 aliphatic rings. The lowest BCUT2D eigenvalue weighted by Crippen LogP contribution is -2.46. The highest BCUT2D eigenvalue weighted by Crippen LogP contribution is 2.43. The van der Waals surface area contributed by atoms with Crippen LogP contribution in [-0.4, -0.2) is 44.1 Å². The molecule has 0 spiro atoms. The van der Waals surface area contributed by atoms with E-state index in [1.807, 2.05) is 6.07 Å². The Morgan fingerprint density at radius 3 is 2.74 bits per heavy atom. The number of carboxylic acids is 1. The lowest BCUT2D eigenvalue weighted by atomic mass is 9.84. The van der Waals surface area contributed by atoms with Crippen molar-refractivity contribution >= 4 is 23.0 Å². The Hall–Kier alpha value is -2.44. The van der Waals surface area contributed by atoms with Crippen LogP contribution < -0.4 is 0 Å². The molecule has 3 heterocycles. The van der Waals surface area contributed by atoms with Gasteiger partial charge >= 0.3 is 5.97 Å². The highest BCUT2D eigenvalue weighted by atomic mass is 16.5. The van der Waals surface area contributed by atoms with Crippen LogP contribution >= 0.6 is 0 Å². The van der Waals surface area contributed by atoms with Crippen molar-refractivity contribution < 1.29 is 19.2 Å². The smallest absolute Gasteiger partial charge is 0.326 e. The first kappa shape index (κ1) is 16.7. The molecule has 0 aromatic carbocycles. The van der Waals surface area contributed by atoms with Gasteiger partial charge in [-0.1, -0.05) is 18.0 Å². The minimum Gasteiger partial charge on any atom is -0.480 e. The lowest BCUT2D eigenvalue weighted by molar-refractivity contribution is -0.141. The van der Waals surface area contributed by atoms with Crippen molar-refractivity contribution in [3.05, 3.63) is 23.0 Å². The van der Waals surface area contributed by atoms with Crippen molar-refractivity contribution in [2.75, 3.05) is 0 Å². The molecule has 3 fully saturated rings. The van der Waals surface area contributed by atoms with Gasteiger partial charge in [0.05, 0.1) is 16.6 Å². The van der Waals surface area contributed by atoms with Gasteiger partial charge in [0.1, 0.15) is 6.04 Å². The SMILES string of the molecule is Cc1noc2nc(C3CC3)cc(C(=O)N3[C@@H]4CCCC[C@H]4C[C@H]3C(=O)O)c12. The number of pyridine rings is 1. The van der Waals surface area contributed by atoms with Gasteiger partial charge in [0, 0.05) is 17.7 Å². The van der Waals surface area contributed by atoms with Gasteiger partial charge < -0.3 is 14.5 Å². The van der Waals surface area contributed by atoms with Crippen LogP contribution in [0.2, 0.25) is 0 Å². The number of carbonyl (C=O) groups is 2. The Labute approximate surface area is 156 Å². The molecule has 2 aliphatic carbocycles. The summed E-state index contributed by atoms with van der Waals surface area (Å²) in [6, 6.07) is 1.11. The maximum atomic E-state index is 13.6. The quantitative estimate of drug-likeness (QED) is 0.892. The van der Waals surface area contributed by atoms with Gasteiger partial charge in [-0.15, -0.1) is 0 Å². The second kappa shape index (κ2) is 6.04. The molecule has 2 aromatic heterocycles. The van der Waals surface area contributed by atoms with Crippen LogP contribution in [0.4, 0.5) is 0 Å². The number of aryl methyl sites for hydroxylation is 1. The second-order valence-electron chi connectivity index (χ2n) is 8.23. The molecule has 27 heavy (non-hydrogen) atoms. The van der Waals surface area contributed by atoms with Gasteiger partial charge in [-0.2, -0.15) is 0 Å². The molecule has 0 radical (unpaired) electrons. The van der Waals surface area contributed by atoms with Crippen molar-refractivity contribution in [1.82, 2.24) is 15.0 Å². The fourth-order valence-electron chi connectivity index (χ4n) is 4.98. The fraction of sp³-hybridized carbons (Fsp3) is 0.600. The predicted octanol–water partition coefficient (Wildman–Crippen LogP) is 3.27. The van der Waals surface area contributed by atoms with Gasteiger partial charge in [-0.25, -0.2) is 9.78 Å². The Kier molecular flexibility index (Phi) is 3.74. The van der Waals surface area contributed by atoms with E-state index in [1.54, 1.807) is 11.8 Å². The van der Waals surface area contributed by atoms with E-state index in [9.17, 15) is 14.7 Å². The van der Waals surface area contributed by atoms with Gasteiger partial charge in [-0.3, -0.25) is 4.79 Å². The summed E-state index contributed by atoms with van der Waals surface area (Å²) in [4.78, 5) is 31.8. The summed E-state index contributed by atoms with van der Waals surface area (Å²) in [6.07, 6.45) is 6.72. The molecular weight excluding hydrogens is 346 g/mol. The highest BCUT2D eigenvalue weighted by Gasteiger charge is 2.48. The van der Waals surface area contributed by atoms with E-state index in [4.69, 9.17) is 4.52 Å². The number of aliphatic carboxylic acids is 1. The number of rotatable bonds is 3. The number of nitrogens with zero attached hydrogens (tertiary/aromatic N) is 3. The Morgan fingerprint density at radius 2 is 2.00 bits per heavy atom. The molecule has 0 bridgehead atoms. The van der Waals surface area contributed by atoms with Gasteiger partial charge in [-0.05, 0) is 51.0 Å². The molecular formula is C20H23N3O4. The summed E-state index contributed by atoms with van der Waals surface area (Å²) in [6.45, 7) is 1.79. The number of hydrogen-bond acceptors (Lipinski definition) is 5. The standard InChI is InChI=1S/C20H23N3O4/c1-10-17-13(9-14(11-6-7-11)21-18(17)27-22-10)19(24)23-15-5-3-2-4-12(15)8-16(23)20(25)26/h9,11-12,15-16H,2-8H2,1H3,(H,25,26)/t12-,15+,16-/m0/s1. The van der Waals surface area contributed by atoms with E-state index in [0.29, 0.717) is 34.7 Å². The second-order valence-corrected chi connectivity index (χ2v) is 8.23. The topological polar surface area (TPSA) is 96.5 Å². The van der Waals surface area contributed by atoms with Crippen LogP contribution in [0.25, 0.3) is 11.1 Å². The summed E-state index contributed by atoms with van der Waals surface area (Å²) in [7, 11) is 0. The van der Waals surface area contributed by atoms with Crippen molar-refractivity contribution in [1.29, 1.82) is 0 Å². The highest BCUT2D eigenvalue weighted by molar-refractivity contribution is 6.07. The first-order chi connectivity index (χ1) is 13.0. The third-order valence-electron chi connectivity index (χ3n) is 6.47. The normalized spacial score (nSPS) is 27.7. The lowest BCUT2D eigenvalue weighted by Gasteiger charge is -2.33. The molecule has 2 aromatic rings. The number of hydrogen-bond donors (Lipinski definition) is 1. The van der Waals surface area contributed by atoms with E-state index in [1.165, 1.54) is 0 Å². The molecule has 142 valence electrons. The zero-order valence-corrected chi connectivity index (χ0v) is 15.4. The number of likely N-dealkylation sites (tertiary alicyclic amines) is 1. The Balaban J connectivity index is 1.61. The van der Waals surface area contributed by atoms with E-state index in [-0.39, 0.29) is 17.9 Å². The van der Waals surface area contributed by atoms with Crippen molar-refractivity contribution in [2.45, 2.75) is 69.9 Å². The molecule has 0 unspecified atom stereocenters. The van der Waals surface area contributed by atoms with Crippen LogP contribution in [0.15, 0.2) is 10.6 Å². The van der Waals surface area contributed by atoms with Gasteiger partial charge in [0.25, 0.3) is 11.6 Å². The molecule has 7 nitrogen and oxygen atoms in total. The monoisotopic (exact) mass is 369 g/mol. The molecule has 5 rings (SSSR count). The third kappa shape index (κ3) is 2.63. The molecule has 2 saturated carbocycles. The molecule has 1 amide bonds. The zero-order valence-electron chi connectivity index (χ0n) is 15.4. The third-order valence-corrected chi connectivity index (χ3v) is 6.47. The predicted molar refractivity (Wildman–Crippen MR) is 96.5 cm³/mol. The number of carboxylic acid groups (broad SMARTS) is 1. The molecule has 1 N–H and O–H groups in total. The van der Waals surface area contributed by atoms with Crippen LogP contribution in [0, 0.1) is 12.8 Å². The minimum absolute atomic E-state index is 0.0140. The Bertz CT molecular complexity index is 933. The maximum absolute atomic E-state index is 13.6. The number of carbonyl (C=O) groups excluding carboxylic acids is 1. The zero-order chi connectivity index (χ0) is 18.7. The van der Waals surface area contributed by atoms with Crippen LogP contribution in [0.1, 0.15) is 72.6 Å². The number of amides is 1. The largest absolute Gasteiger partial charge is 0.480 e. The first-order valence-corrected chi connectivity index (χ1v) is 9.87. The summed E-state index contributed by atoms with van der Waals surface area (Å²) in [5, 5.41) is 14.4. The summed E-state index contributed by atoms with van der Waals surface area (Å²) in [5.41, 5.74) is 2.35. The summed E-state index contributed by atoms with van der Waals surface area (Å²) >= 11 is 0. The van der Waals surface area contributed by atoms with E-state index in [2.05, 4.69) is 10.1 Å². The van der Waals surface area contributed by atoms with Crippen molar-refractivity contribution in [3.8, 4) is 0 Å². The maximum Gasteiger partial charge on any atom is 0.326 e. The van der Waals surface area contributed by atoms with Gasteiger partial charge in [0.2, 0.25) is 0 Å². The van der Waals surface area contributed by atoms with Crippen LogP contribution in [0.5, 0.6) is 0 Å². The molecule has 3 atom stereocenters. The minimum atomic E-state index is -0.910. The molecule has 7 heteroatoms. The fourth-order valence-corrected chi connectivity index (χ4v) is 4.98.